The zero-order valence-electron chi connectivity index (χ0n) is 126. The highest BCUT2D eigenvalue weighted by Gasteiger charge is 2.57. The number of fused-ring (bicyclic) bond motifs is 15. The van der Waals surface area contributed by atoms with Crippen LogP contribution in [0.25, 0.3) is 84.3 Å². The third-order valence-corrected chi connectivity index (χ3v) is 28.0. The smallest absolute Gasteiger partial charge is 0.124 e. The number of hydrogen-bond acceptors (Lipinski definition) is 0. The molecule has 10 heteroatoms. The van der Waals surface area contributed by atoms with E-state index in [9.17, 15) is 0 Å². The third-order valence-electron chi connectivity index (χ3n) is 28.0. The summed E-state index contributed by atoms with van der Waals surface area (Å²) in [6.45, 7) is -26.5. The van der Waals surface area contributed by atoms with Crippen molar-refractivity contribution in [1.82, 2.24) is 23.4 Å². The number of nitrogens with zero attached hydrogens (tertiary/aromatic N) is 10. The van der Waals surface area contributed by atoms with E-state index in [-0.39, 0.29) is 67.5 Å². The molecule has 131 heavy (non-hydrogen) atoms. The van der Waals surface area contributed by atoms with Crippen LogP contribution in [0.3, 0.4) is 0 Å². The van der Waals surface area contributed by atoms with E-state index in [0.29, 0.717) is 101 Å². The molecule has 0 saturated heterocycles. The van der Waals surface area contributed by atoms with Crippen LogP contribution in [0.5, 0.6) is 0 Å². The SMILES string of the molecule is [2H]C([2H])([2H])C1(C([2H])([2H])[2H])c2cccc(C)c2-n2c(c(-c3c(C)cccc3C)c[n+]2C)C1(C([2H])([2H])[2H])C([2H])([2H])[2H].[2H]C([2H])([2H])C1(C)c2cccc(C)c2-n2c(c(-c3c(C)cccc3C)c[n+]2C)C1(C([2H])([2H])[2H])C([2H])([2H])[2H].[2H]C([2H])([2H])C1(C)c2cccc(C)c2-n2c(c(-c3ccccc3)c[n+]2C)C1(C([2H])([2H])[2H])C([2H])([2H])[2H].[2H]C([2H])([2H])C1(C)c2cccc(C)c2-n2c(cc(-c3cc(C)cc(C)c3)[n+]2C)C1(C([2H])([2H])[2H])C([2H])([2H])[2H].[2H]C([2H])([2H])C1(C)c2cccc(C)c2-n2c(cc(-c3ccccc3)[n+]2C)C1(C([2H])([2H])[2H])C([2H])([2H])[2H]. The van der Waals surface area contributed by atoms with Crippen molar-refractivity contribution in [3.05, 3.63) is 354 Å². The van der Waals surface area contributed by atoms with E-state index in [1.165, 1.54) is 55.3 Å². The van der Waals surface area contributed by atoms with Gasteiger partial charge in [-0.05, 0) is 195 Å². The lowest BCUT2D eigenvalue weighted by Crippen LogP contribution is -2.51. The average molecular weight is 1790 g/mol. The summed E-state index contributed by atoms with van der Waals surface area (Å²) in [5.74, 6) is 0. The second-order valence-corrected chi connectivity index (χ2v) is 37.3. The average Bonchev–Trinajstić information content (AvgIpc) is 1.62. The first kappa shape index (κ1) is 50.2. The van der Waals surface area contributed by atoms with Gasteiger partial charge in [-0.2, -0.15) is 0 Å². The molecule has 10 nitrogen and oxygen atoms in total. The van der Waals surface area contributed by atoms with E-state index < -0.39 is 164 Å². The van der Waals surface area contributed by atoms with Crippen LogP contribution >= 0.6 is 0 Å². The first-order valence-electron chi connectivity index (χ1n) is 67.7. The molecule has 0 aliphatic carbocycles. The normalized spacial score (nSPS) is 26.7. The second kappa shape index (κ2) is 32.0. The molecule has 676 valence electrons. The molecule has 0 bridgehead atoms. The van der Waals surface area contributed by atoms with E-state index in [2.05, 4.69) is 0 Å². The van der Waals surface area contributed by atoms with E-state index in [1.54, 1.807) is 221 Å². The first-order chi connectivity index (χ1) is 81.3. The molecule has 20 rings (SSSR count). The van der Waals surface area contributed by atoms with Crippen molar-refractivity contribution in [3.63, 3.8) is 0 Å². The molecule has 0 saturated carbocycles. The molecule has 4 unspecified atom stereocenters. The molecular formula is C121H147N10+5. The van der Waals surface area contributed by atoms with Crippen LogP contribution in [0.1, 0.15) is 321 Å². The van der Waals surface area contributed by atoms with Gasteiger partial charge >= 0.3 is 0 Å². The maximum atomic E-state index is 8.80. The predicted octanol–water partition coefficient (Wildman–Crippen LogP) is 26.1. The highest BCUT2D eigenvalue weighted by Crippen LogP contribution is 2.59. The molecule has 0 fully saturated rings. The van der Waals surface area contributed by atoms with Gasteiger partial charge in [0.25, 0.3) is 0 Å². The molecule has 0 N–H and O–H groups in total. The maximum absolute atomic E-state index is 8.80. The zero-order chi connectivity index (χ0) is 135. The van der Waals surface area contributed by atoms with Crippen LogP contribution in [0, 0.1) is 76.2 Å². The van der Waals surface area contributed by atoms with Crippen LogP contribution in [-0.2, 0) is 89.4 Å². The van der Waals surface area contributed by atoms with Crippen molar-refractivity contribution < 1.29 is 89.2 Å². The summed E-state index contributed by atoms with van der Waals surface area (Å²) in [4.78, 5) is 0. The van der Waals surface area contributed by atoms with E-state index in [4.69, 9.17) is 65.8 Å². The first-order valence-corrected chi connectivity index (χ1v) is 43.7. The van der Waals surface area contributed by atoms with Crippen LogP contribution in [0.15, 0.2) is 237 Å². The minimum Gasteiger partial charge on any atom is -0.124 e. The lowest BCUT2D eigenvalue weighted by Gasteiger charge is -2.46. The zero-order valence-corrected chi connectivity index (χ0v) is 78.0. The Morgan fingerprint density at radius 3 is 0.802 bits per heavy atom. The molecule has 10 aromatic carbocycles. The Kier molecular flexibility index (Phi) is 12.3. The molecular weight excluding hydrogens is 1590 g/mol. The molecule has 5 aliphatic rings. The van der Waals surface area contributed by atoms with Gasteiger partial charge in [0.05, 0.1) is 28.1 Å². The summed E-state index contributed by atoms with van der Waals surface area (Å²) < 4.78 is 432. The molecule has 10 heterocycles. The fourth-order valence-corrected chi connectivity index (χ4v) is 20.5. The van der Waals surface area contributed by atoms with Crippen molar-refractivity contribution in [2.45, 2.75) is 268 Å². The Balaban J connectivity index is 0.000000155. The largest absolute Gasteiger partial charge is 0.239 e. The Morgan fingerprint density at radius 2 is 0.481 bits per heavy atom. The molecule has 0 spiro atoms. The fraction of sp³-hybridized carbons (Fsp3) is 0.380. The van der Waals surface area contributed by atoms with E-state index in [0.717, 1.165) is 33.4 Å². The fourth-order valence-electron chi connectivity index (χ4n) is 20.5. The summed E-state index contributed by atoms with van der Waals surface area (Å²) in [6.07, 6.45) is 4.96. The molecule has 0 radical (unpaired) electrons. The predicted molar refractivity (Wildman–Crippen MR) is 544 cm³/mol. The highest BCUT2D eigenvalue weighted by atomic mass is 15.4. The van der Waals surface area contributed by atoms with Gasteiger partial charge in [0, 0.05) is 143 Å². The Bertz CT molecular complexity index is 8880. The standard InChI is InChI=1S/3C25H31N2.2C23H27N2/c2*1-16-11-9-12-17(2)21(16)19-15-26(8)27-22-18(3)13-10-14-20(22)24(4,5)25(6,7)23(19)27;1-16-12-17(2)14-19(13-16)21-15-22-25(6,7)24(4,5)20-11-9-10-18(3)23(20)27(22)26(21)8;1-16-11-10-14-19-20(16)25-21(23(4,5)22(19,2)3)18(15-24(25)6)17-12-8-7-9-13-17;1-16-11-10-14-18-21(16)25-20(23(4,5)22(18,2)3)15-19(24(25)6)17-12-8-7-9-13-17/h3*9-15H,1-8H3;2*7-15H,1-6H3/q5*+1/i4D3,5D3,6D3,7D3;2*4D3,6D3,7D3;2*2D3,4D3,5D3. The Hall–Kier alpha value is -11.8. The van der Waals surface area contributed by atoms with Gasteiger partial charge in [-0.1, -0.05) is 330 Å². The summed E-state index contributed by atoms with van der Waals surface area (Å²) in [5.41, 5.74) is -10.9. The number of rotatable bonds is 5. The van der Waals surface area contributed by atoms with Gasteiger partial charge in [0.15, 0.2) is 35.2 Å². The monoisotopic (exact) mass is 1790 g/mol. The lowest BCUT2D eigenvalue weighted by atomic mass is 9.59. The number of para-hydroxylation sites is 5. The van der Waals surface area contributed by atoms with Crippen molar-refractivity contribution in [1.29, 1.82) is 0 Å². The van der Waals surface area contributed by atoms with Gasteiger partial charge in [-0.25, -0.2) is 0 Å². The van der Waals surface area contributed by atoms with Crippen LogP contribution in [-0.4, -0.2) is 23.4 Å². The number of hydrogen-bond donors (Lipinski definition) is 0. The Labute approximate surface area is 852 Å². The summed E-state index contributed by atoms with van der Waals surface area (Å²) in [7, 11) is 8.49. The van der Waals surface area contributed by atoms with Crippen LogP contribution in [0.4, 0.5) is 0 Å². The summed E-state index contributed by atoms with van der Waals surface area (Å²) in [5, 5.41) is 0. The number of benzene rings is 10. The van der Waals surface area contributed by atoms with Crippen molar-refractivity contribution in [2.75, 3.05) is 0 Å². The molecule has 5 aromatic heterocycles. The third kappa shape index (κ3) is 13.9. The van der Waals surface area contributed by atoms with Gasteiger partial charge in [0.1, 0.15) is 45.5 Å². The summed E-state index contributed by atoms with van der Waals surface area (Å²) >= 11 is 0. The van der Waals surface area contributed by atoms with E-state index >= 15 is 0 Å². The molecule has 15 aromatic rings. The Morgan fingerprint density at radius 1 is 0.229 bits per heavy atom. The van der Waals surface area contributed by atoms with Gasteiger partial charge in [-0.15, -0.1) is 46.8 Å². The minimum absolute atomic E-state index is 0.0252. The minimum atomic E-state index is -3.61. The van der Waals surface area contributed by atoms with E-state index in [1.807, 2.05) is 146 Å². The molecule has 5 aliphatic heterocycles. The number of aryl methyl sites for hydroxylation is 14. The van der Waals surface area contributed by atoms with Gasteiger partial charge < -0.3 is 0 Å². The number of aromatic nitrogens is 10. The van der Waals surface area contributed by atoms with Gasteiger partial charge in [0.2, 0.25) is 30.0 Å². The van der Waals surface area contributed by atoms with Crippen molar-refractivity contribution >= 4 is 0 Å². The molecule has 4 atom stereocenters. The van der Waals surface area contributed by atoms with Gasteiger partial charge in [-0.3, -0.25) is 0 Å². The van der Waals surface area contributed by atoms with Crippen molar-refractivity contribution in [3.8, 4) is 84.3 Å². The van der Waals surface area contributed by atoms with Crippen molar-refractivity contribution in [2.24, 2.45) is 35.2 Å². The lowest BCUT2D eigenvalue weighted by molar-refractivity contribution is -0.745. The topological polar surface area (TPSA) is 44.0 Å². The summed E-state index contributed by atoms with van der Waals surface area (Å²) in [6, 6.07) is 62.5. The molecule has 0 amide bonds. The quantitative estimate of drug-likeness (QED) is 0.154. The van der Waals surface area contributed by atoms with Crippen LogP contribution < -0.4 is 23.4 Å². The maximum Gasteiger partial charge on any atom is 0.239 e. The highest BCUT2D eigenvalue weighted by molar-refractivity contribution is 5.78. The second-order valence-electron chi connectivity index (χ2n) is 37.3. The van der Waals surface area contributed by atoms with Crippen LogP contribution in [0.2, 0.25) is 0 Å².